The van der Waals surface area contributed by atoms with Gasteiger partial charge in [0.15, 0.2) is 10.7 Å². The SMILES string of the molecule is O=[N+]([O-])c1c(F)cccc1S(=O)(=O)NCc1nn[nH]n1. The van der Waals surface area contributed by atoms with Gasteiger partial charge in [0.1, 0.15) is 0 Å². The summed E-state index contributed by atoms with van der Waals surface area (Å²) in [5.74, 6) is -1.20. The van der Waals surface area contributed by atoms with Gasteiger partial charge in [-0.1, -0.05) is 11.3 Å². The molecule has 0 fully saturated rings. The summed E-state index contributed by atoms with van der Waals surface area (Å²) < 4.78 is 39.3. The Morgan fingerprint density at radius 3 is 2.80 bits per heavy atom. The number of nitrogens with zero attached hydrogens (tertiary/aromatic N) is 4. The van der Waals surface area contributed by atoms with Crippen molar-refractivity contribution in [3.63, 3.8) is 0 Å². The van der Waals surface area contributed by atoms with E-state index in [1.807, 2.05) is 4.72 Å². The first kappa shape index (κ1) is 14.0. The van der Waals surface area contributed by atoms with Gasteiger partial charge in [0.2, 0.25) is 15.8 Å². The van der Waals surface area contributed by atoms with E-state index in [0.717, 1.165) is 18.2 Å². The van der Waals surface area contributed by atoms with Crippen molar-refractivity contribution in [2.24, 2.45) is 0 Å². The summed E-state index contributed by atoms with van der Waals surface area (Å²) in [4.78, 5) is 8.88. The van der Waals surface area contributed by atoms with E-state index in [2.05, 4.69) is 20.6 Å². The Morgan fingerprint density at radius 2 is 2.20 bits per heavy atom. The number of aromatic amines is 1. The van der Waals surface area contributed by atoms with Gasteiger partial charge in [-0.15, -0.1) is 10.2 Å². The Morgan fingerprint density at radius 1 is 1.45 bits per heavy atom. The highest BCUT2D eigenvalue weighted by Crippen LogP contribution is 2.26. The van der Waals surface area contributed by atoms with Gasteiger partial charge in [0.05, 0.1) is 11.5 Å². The van der Waals surface area contributed by atoms with Crippen LogP contribution in [-0.4, -0.2) is 34.0 Å². The minimum Gasteiger partial charge on any atom is -0.258 e. The molecule has 0 amide bonds. The number of halogens is 1. The molecule has 0 radical (unpaired) electrons. The molecule has 0 saturated carbocycles. The Hall–Kier alpha value is -2.47. The molecule has 0 spiro atoms. The minimum atomic E-state index is -4.29. The standard InChI is InChI=1S/C8H7FN6O4S/c9-5-2-1-3-6(8(5)15(16)17)20(18,19)10-4-7-11-13-14-12-7/h1-3,10H,4H2,(H,11,12,13,14). The zero-order chi connectivity index (χ0) is 14.8. The molecule has 0 atom stereocenters. The quantitative estimate of drug-likeness (QED) is 0.571. The average molecular weight is 302 g/mol. The maximum atomic E-state index is 13.4. The number of hydrogen-bond donors (Lipinski definition) is 2. The first-order chi connectivity index (χ1) is 9.42. The normalized spacial score (nSPS) is 11.4. The summed E-state index contributed by atoms with van der Waals surface area (Å²) >= 11 is 0. The molecule has 0 saturated heterocycles. The third-order valence-corrected chi connectivity index (χ3v) is 3.66. The molecule has 0 aliphatic heterocycles. The van der Waals surface area contributed by atoms with Crippen LogP contribution < -0.4 is 4.72 Å². The summed E-state index contributed by atoms with van der Waals surface area (Å²) in [6.45, 7) is -0.341. The molecular weight excluding hydrogens is 295 g/mol. The number of hydrogen-bond acceptors (Lipinski definition) is 7. The van der Waals surface area contributed by atoms with E-state index in [4.69, 9.17) is 0 Å². The van der Waals surface area contributed by atoms with Crippen LogP contribution in [0.5, 0.6) is 0 Å². The summed E-state index contributed by atoms with van der Waals surface area (Å²) in [5, 5.41) is 23.1. The number of H-pyrrole nitrogens is 1. The predicted molar refractivity (Wildman–Crippen MR) is 61.3 cm³/mol. The van der Waals surface area contributed by atoms with Crippen molar-refractivity contribution in [3.05, 3.63) is 40.0 Å². The van der Waals surface area contributed by atoms with Gasteiger partial charge >= 0.3 is 5.69 Å². The van der Waals surface area contributed by atoms with Gasteiger partial charge in [-0.25, -0.2) is 13.1 Å². The smallest absolute Gasteiger partial charge is 0.258 e. The third-order valence-electron chi connectivity index (χ3n) is 2.23. The molecule has 0 unspecified atom stereocenters. The zero-order valence-corrected chi connectivity index (χ0v) is 10.5. The van der Waals surface area contributed by atoms with E-state index in [1.54, 1.807) is 0 Å². The predicted octanol–water partition coefficient (Wildman–Crippen LogP) is -0.275. The van der Waals surface area contributed by atoms with Crippen LogP contribution in [0, 0.1) is 15.9 Å². The fourth-order valence-corrected chi connectivity index (χ4v) is 2.54. The maximum Gasteiger partial charge on any atom is 0.324 e. The average Bonchev–Trinajstić information content (AvgIpc) is 2.89. The van der Waals surface area contributed by atoms with E-state index in [0.29, 0.717) is 0 Å². The second kappa shape index (κ2) is 5.26. The number of tetrazole rings is 1. The van der Waals surface area contributed by atoms with Crippen LogP contribution in [0.1, 0.15) is 5.82 Å². The molecule has 2 N–H and O–H groups in total. The van der Waals surface area contributed by atoms with Gasteiger partial charge in [0, 0.05) is 0 Å². The molecule has 1 aromatic heterocycles. The molecule has 0 bridgehead atoms. The van der Waals surface area contributed by atoms with Crippen molar-refractivity contribution in [1.29, 1.82) is 0 Å². The molecular formula is C8H7FN6O4S. The van der Waals surface area contributed by atoms with E-state index in [1.165, 1.54) is 0 Å². The van der Waals surface area contributed by atoms with Crippen LogP contribution in [-0.2, 0) is 16.6 Å². The highest BCUT2D eigenvalue weighted by molar-refractivity contribution is 7.89. The second-order valence-electron chi connectivity index (χ2n) is 3.50. The largest absolute Gasteiger partial charge is 0.324 e. The number of benzene rings is 1. The molecule has 2 rings (SSSR count). The molecule has 1 aromatic carbocycles. The number of para-hydroxylation sites is 1. The summed E-state index contributed by atoms with van der Waals surface area (Å²) in [6, 6.07) is 2.79. The molecule has 0 aliphatic carbocycles. The molecule has 10 nitrogen and oxygen atoms in total. The van der Waals surface area contributed by atoms with Gasteiger partial charge in [-0.2, -0.15) is 9.60 Å². The van der Waals surface area contributed by atoms with Gasteiger partial charge < -0.3 is 0 Å². The van der Waals surface area contributed by atoms with Crippen molar-refractivity contribution < 1.29 is 17.7 Å². The van der Waals surface area contributed by atoms with E-state index >= 15 is 0 Å². The van der Waals surface area contributed by atoms with Gasteiger partial charge in [0.25, 0.3) is 0 Å². The van der Waals surface area contributed by atoms with E-state index in [9.17, 15) is 22.9 Å². The number of nitro groups is 1. The monoisotopic (exact) mass is 302 g/mol. The molecule has 1 heterocycles. The lowest BCUT2D eigenvalue weighted by atomic mass is 10.3. The Kier molecular flexibility index (Phi) is 3.67. The molecule has 12 heteroatoms. The number of nitro benzene ring substituents is 1. The van der Waals surface area contributed by atoms with Crippen molar-refractivity contribution in [2.75, 3.05) is 0 Å². The Labute approximate surface area is 111 Å². The van der Waals surface area contributed by atoms with Crippen molar-refractivity contribution >= 4 is 15.7 Å². The van der Waals surface area contributed by atoms with Gasteiger partial charge in [-0.05, 0) is 12.1 Å². The fourth-order valence-electron chi connectivity index (χ4n) is 1.38. The van der Waals surface area contributed by atoms with Crippen molar-refractivity contribution in [3.8, 4) is 0 Å². The number of aromatic nitrogens is 4. The number of nitrogens with one attached hydrogen (secondary N) is 2. The Bertz CT molecular complexity index is 731. The van der Waals surface area contributed by atoms with Gasteiger partial charge in [-0.3, -0.25) is 10.1 Å². The molecule has 0 aliphatic rings. The Balaban J connectivity index is 2.34. The van der Waals surface area contributed by atoms with E-state index in [-0.39, 0.29) is 12.4 Å². The number of rotatable bonds is 5. The topological polar surface area (TPSA) is 144 Å². The number of sulfonamides is 1. The molecule has 106 valence electrons. The minimum absolute atomic E-state index is 0.0348. The maximum absolute atomic E-state index is 13.4. The van der Waals surface area contributed by atoms with Crippen LogP contribution in [0.4, 0.5) is 10.1 Å². The van der Waals surface area contributed by atoms with Crippen LogP contribution in [0.15, 0.2) is 23.1 Å². The lowest BCUT2D eigenvalue weighted by molar-refractivity contribution is -0.390. The first-order valence-corrected chi connectivity index (χ1v) is 6.55. The van der Waals surface area contributed by atoms with Crippen LogP contribution in [0.3, 0.4) is 0 Å². The molecule has 2 aromatic rings. The lowest BCUT2D eigenvalue weighted by Gasteiger charge is -2.05. The van der Waals surface area contributed by atoms with E-state index < -0.39 is 31.3 Å². The summed E-state index contributed by atoms with van der Waals surface area (Å²) in [5.41, 5.74) is -1.12. The zero-order valence-electron chi connectivity index (χ0n) is 9.65. The fraction of sp³-hybridized carbons (Fsp3) is 0.125. The highest BCUT2D eigenvalue weighted by Gasteiger charge is 2.29. The first-order valence-electron chi connectivity index (χ1n) is 5.06. The highest BCUT2D eigenvalue weighted by atomic mass is 32.2. The van der Waals surface area contributed by atoms with Crippen molar-refractivity contribution in [1.82, 2.24) is 25.3 Å². The third kappa shape index (κ3) is 2.75. The van der Waals surface area contributed by atoms with Crippen LogP contribution in [0.25, 0.3) is 0 Å². The van der Waals surface area contributed by atoms with Crippen LogP contribution >= 0.6 is 0 Å². The van der Waals surface area contributed by atoms with Crippen molar-refractivity contribution in [2.45, 2.75) is 11.4 Å². The lowest BCUT2D eigenvalue weighted by Crippen LogP contribution is -2.25. The second-order valence-corrected chi connectivity index (χ2v) is 5.23. The summed E-state index contributed by atoms with van der Waals surface area (Å²) in [6.07, 6.45) is 0. The molecule has 20 heavy (non-hydrogen) atoms. The van der Waals surface area contributed by atoms with Crippen LogP contribution in [0.2, 0.25) is 0 Å². The summed E-state index contributed by atoms with van der Waals surface area (Å²) in [7, 11) is -4.29.